The summed E-state index contributed by atoms with van der Waals surface area (Å²) in [5.41, 5.74) is 19.8. The van der Waals surface area contributed by atoms with Gasteiger partial charge in [0.15, 0.2) is 0 Å². The first-order valence-corrected chi connectivity index (χ1v) is 21.6. The Kier molecular flexibility index (Phi) is 6.91. The first-order chi connectivity index (χ1) is 29.8. The molecule has 0 saturated carbocycles. The maximum atomic E-state index is 7.02. The normalized spacial score (nSPS) is 14.5. The molecule has 13 rings (SSSR count). The van der Waals surface area contributed by atoms with Crippen molar-refractivity contribution in [3.05, 3.63) is 204 Å². The molecule has 0 aliphatic heterocycles. The third kappa shape index (κ3) is 4.61. The van der Waals surface area contributed by atoms with Crippen molar-refractivity contribution < 1.29 is 4.42 Å². The van der Waals surface area contributed by atoms with E-state index in [9.17, 15) is 0 Å². The number of hydrogen-bond acceptors (Lipinski definition) is 1. The number of fused-ring (bicyclic) bond motifs is 14. The van der Waals surface area contributed by atoms with Gasteiger partial charge >= 0.3 is 0 Å². The summed E-state index contributed by atoms with van der Waals surface area (Å²) in [4.78, 5) is 0. The molecule has 61 heavy (non-hydrogen) atoms. The monoisotopic (exact) mass is 778 g/mol. The summed E-state index contributed by atoms with van der Waals surface area (Å²) in [6.07, 6.45) is 0. The van der Waals surface area contributed by atoms with E-state index in [0.29, 0.717) is 0 Å². The molecule has 0 atom stereocenters. The first kappa shape index (κ1) is 34.6. The molecule has 1 heteroatoms. The van der Waals surface area contributed by atoms with Gasteiger partial charge in [0.25, 0.3) is 0 Å². The van der Waals surface area contributed by atoms with Gasteiger partial charge in [0.2, 0.25) is 0 Å². The lowest BCUT2D eigenvalue weighted by molar-refractivity contribution is 0.620. The van der Waals surface area contributed by atoms with Gasteiger partial charge < -0.3 is 4.42 Å². The van der Waals surface area contributed by atoms with Gasteiger partial charge in [0.05, 0.1) is 0 Å². The second kappa shape index (κ2) is 12.2. The van der Waals surface area contributed by atoms with Gasteiger partial charge in [-0.05, 0) is 123 Å². The van der Waals surface area contributed by atoms with E-state index in [1.807, 2.05) is 0 Å². The summed E-state index contributed by atoms with van der Waals surface area (Å²) in [5.74, 6) is 0. The van der Waals surface area contributed by atoms with E-state index in [1.54, 1.807) is 0 Å². The predicted molar refractivity (Wildman–Crippen MR) is 258 cm³/mol. The summed E-state index contributed by atoms with van der Waals surface area (Å²) in [7, 11) is 0. The second-order valence-electron chi connectivity index (χ2n) is 18.3. The Bertz CT molecular complexity index is 3630. The van der Waals surface area contributed by atoms with Crippen LogP contribution in [0.3, 0.4) is 0 Å². The van der Waals surface area contributed by atoms with Gasteiger partial charge in [-0.3, -0.25) is 0 Å². The lowest BCUT2D eigenvalue weighted by Crippen LogP contribution is -2.15. The van der Waals surface area contributed by atoms with Crippen LogP contribution in [-0.2, 0) is 10.8 Å². The highest BCUT2D eigenvalue weighted by Gasteiger charge is 2.39. The van der Waals surface area contributed by atoms with Crippen LogP contribution in [0, 0.1) is 0 Å². The predicted octanol–water partition coefficient (Wildman–Crippen LogP) is 16.7. The average molecular weight is 779 g/mol. The molecule has 0 amide bonds. The molecule has 288 valence electrons. The minimum absolute atomic E-state index is 0.0704. The van der Waals surface area contributed by atoms with Crippen LogP contribution in [0.15, 0.2) is 186 Å². The standard InChI is InChI=1S/C60H42O/c1-59(2)50-23-13-11-16-39(50)41-30-29-37(33-52(41)59)55-45-21-9-7-19-43(45)54(44-20-8-10-22-46(44)55)36-27-25-35(26-28-36)49-34-53-56(42-18-6-5-15-38(42)49)48-32-31-47-40-17-12-14-24-51(40)60(3,4)57(47)58(48)61-53/h5-34H,1-4H3. The smallest absolute Gasteiger partial charge is 0.140 e. The maximum absolute atomic E-state index is 7.02. The van der Waals surface area contributed by atoms with Crippen LogP contribution in [-0.4, -0.2) is 0 Å². The van der Waals surface area contributed by atoms with Crippen molar-refractivity contribution in [2.45, 2.75) is 38.5 Å². The van der Waals surface area contributed by atoms with Crippen LogP contribution in [0.5, 0.6) is 0 Å². The SMILES string of the molecule is CC1(C)c2ccccc2-c2ccc(-c3c4ccccc4c(-c4ccc(-c5cc6oc7c8c(ccc7c6c6ccccc56)-c5ccccc5C8(C)C)cc4)c4ccccc34)cc21. The van der Waals surface area contributed by atoms with Gasteiger partial charge in [0.1, 0.15) is 11.2 Å². The Balaban J connectivity index is 0.970. The van der Waals surface area contributed by atoms with Crippen molar-refractivity contribution in [3.8, 4) is 55.6 Å². The Labute approximate surface area is 355 Å². The highest BCUT2D eigenvalue weighted by atomic mass is 16.3. The van der Waals surface area contributed by atoms with Gasteiger partial charge in [-0.25, -0.2) is 0 Å². The van der Waals surface area contributed by atoms with Gasteiger partial charge in [-0.2, -0.15) is 0 Å². The molecule has 0 N–H and O–H groups in total. The summed E-state index contributed by atoms with van der Waals surface area (Å²) in [5, 5.41) is 9.89. The Hall–Kier alpha value is -7.22. The van der Waals surface area contributed by atoms with Crippen molar-refractivity contribution in [1.82, 2.24) is 0 Å². The number of benzene rings is 10. The van der Waals surface area contributed by atoms with E-state index in [4.69, 9.17) is 4.42 Å². The molecule has 10 aromatic carbocycles. The summed E-state index contributed by atoms with van der Waals surface area (Å²) in [6.45, 7) is 9.41. The third-order valence-corrected chi connectivity index (χ3v) is 14.5. The molecule has 1 heterocycles. The maximum Gasteiger partial charge on any atom is 0.140 e. The van der Waals surface area contributed by atoms with Crippen LogP contribution in [0.2, 0.25) is 0 Å². The molecule has 2 aliphatic rings. The molecular formula is C60H42O. The summed E-state index contributed by atoms with van der Waals surface area (Å²) < 4.78 is 7.02. The lowest BCUT2D eigenvalue weighted by Gasteiger charge is -2.23. The molecule has 0 saturated heterocycles. The molecule has 0 unspecified atom stereocenters. The van der Waals surface area contributed by atoms with Crippen LogP contribution >= 0.6 is 0 Å². The fourth-order valence-corrected chi connectivity index (χ4v) is 11.6. The van der Waals surface area contributed by atoms with Crippen LogP contribution in [0.25, 0.3) is 110 Å². The number of hydrogen-bond donors (Lipinski definition) is 0. The fourth-order valence-electron chi connectivity index (χ4n) is 11.6. The molecule has 0 radical (unpaired) electrons. The van der Waals surface area contributed by atoms with Gasteiger partial charge in [-0.15, -0.1) is 0 Å². The molecule has 0 spiro atoms. The van der Waals surface area contributed by atoms with E-state index < -0.39 is 0 Å². The summed E-state index contributed by atoms with van der Waals surface area (Å²) in [6, 6.07) is 67.9. The minimum atomic E-state index is -0.162. The average Bonchev–Trinajstić information content (AvgIpc) is 3.87. The van der Waals surface area contributed by atoms with E-state index in [2.05, 4.69) is 210 Å². The van der Waals surface area contributed by atoms with Crippen molar-refractivity contribution >= 4 is 54.3 Å². The molecule has 1 nitrogen and oxygen atoms in total. The van der Waals surface area contributed by atoms with E-state index in [0.717, 1.165) is 11.2 Å². The highest BCUT2D eigenvalue weighted by molar-refractivity contribution is 6.24. The molecular weight excluding hydrogens is 737 g/mol. The van der Waals surface area contributed by atoms with E-state index >= 15 is 0 Å². The van der Waals surface area contributed by atoms with Crippen LogP contribution in [0.1, 0.15) is 49.9 Å². The van der Waals surface area contributed by atoms with E-state index in [1.165, 1.54) is 121 Å². The second-order valence-corrected chi connectivity index (χ2v) is 18.3. The minimum Gasteiger partial charge on any atom is -0.456 e. The zero-order valence-corrected chi connectivity index (χ0v) is 34.7. The first-order valence-electron chi connectivity index (χ1n) is 21.6. The molecule has 0 fully saturated rings. The Morgan fingerprint density at radius 3 is 1.46 bits per heavy atom. The van der Waals surface area contributed by atoms with Crippen molar-refractivity contribution in [2.24, 2.45) is 0 Å². The zero-order valence-electron chi connectivity index (χ0n) is 34.7. The number of rotatable bonds is 3. The fraction of sp³-hybridized carbons (Fsp3) is 0.100. The summed E-state index contributed by atoms with van der Waals surface area (Å²) >= 11 is 0. The number of furan rings is 1. The molecule has 2 aliphatic carbocycles. The lowest BCUT2D eigenvalue weighted by atomic mass is 9.80. The van der Waals surface area contributed by atoms with Crippen LogP contribution in [0.4, 0.5) is 0 Å². The van der Waals surface area contributed by atoms with Crippen molar-refractivity contribution in [3.63, 3.8) is 0 Å². The molecule has 11 aromatic rings. The largest absolute Gasteiger partial charge is 0.456 e. The molecule has 0 bridgehead atoms. The quantitative estimate of drug-likeness (QED) is 0.163. The van der Waals surface area contributed by atoms with Crippen molar-refractivity contribution in [2.75, 3.05) is 0 Å². The van der Waals surface area contributed by atoms with Gasteiger partial charge in [-0.1, -0.05) is 191 Å². The molecule has 1 aromatic heterocycles. The van der Waals surface area contributed by atoms with Gasteiger partial charge in [0, 0.05) is 27.2 Å². The Morgan fingerprint density at radius 1 is 0.328 bits per heavy atom. The van der Waals surface area contributed by atoms with Crippen LogP contribution < -0.4 is 0 Å². The van der Waals surface area contributed by atoms with Crippen molar-refractivity contribution in [1.29, 1.82) is 0 Å². The third-order valence-electron chi connectivity index (χ3n) is 14.5. The highest BCUT2D eigenvalue weighted by Crippen LogP contribution is 2.54. The Morgan fingerprint density at radius 2 is 0.803 bits per heavy atom. The topological polar surface area (TPSA) is 13.1 Å². The zero-order chi connectivity index (χ0) is 40.8. The van der Waals surface area contributed by atoms with E-state index in [-0.39, 0.29) is 10.8 Å².